The Hall–Kier alpha value is -1.88. The maximum absolute atomic E-state index is 12.1. The van der Waals surface area contributed by atoms with Crippen LogP contribution in [0, 0.1) is 5.41 Å². The van der Waals surface area contributed by atoms with Gasteiger partial charge < -0.3 is 15.2 Å². The molecule has 0 bridgehead atoms. The Labute approximate surface area is 124 Å². The summed E-state index contributed by atoms with van der Waals surface area (Å²) in [7, 11) is 0. The summed E-state index contributed by atoms with van der Waals surface area (Å²) >= 11 is 0. The lowest BCUT2D eigenvalue weighted by atomic mass is 9.69. The van der Waals surface area contributed by atoms with Crippen LogP contribution in [0.5, 0.6) is 0 Å². The van der Waals surface area contributed by atoms with Crippen molar-refractivity contribution in [3.8, 4) is 0 Å². The van der Waals surface area contributed by atoms with Gasteiger partial charge in [-0.3, -0.25) is 4.79 Å². The van der Waals surface area contributed by atoms with Gasteiger partial charge in [-0.05, 0) is 44.0 Å². The van der Waals surface area contributed by atoms with Gasteiger partial charge in [-0.1, -0.05) is 6.42 Å². The molecule has 1 fully saturated rings. The molecule has 21 heavy (non-hydrogen) atoms. The minimum atomic E-state index is -0.993. The smallest absolute Gasteiger partial charge is 0.335 e. The molecule has 1 amide bonds. The Morgan fingerprint density at radius 1 is 1.24 bits per heavy atom. The summed E-state index contributed by atoms with van der Waals surface area (Å²) in [4.78, 5) is 22.9. The van der Waals surface area contributed by atoms with Gasteiger partial charge in [0.05, 0.1) is 12.2 Å². The number of hydrogen-bond donors (Lipinski definition) is 2. The van der Waals surface area contributed by atoms with E-state index in [1.165, 1.54) is 30.7 Å². The largest absolute Gasteiger partial charge is 0.478 e. The molecule has 114 valence electrons. The van der Waals surface area contributed by atoms with Crippen LogP contribution in [-0.2, 0) is 4.74 Å². The van der Waals surface area contributed by atoms with Crippen molar-refractivity contribution in [2.45, 2.75) is 26.2 Å². The third-order valence-electron chi connectivity index (χ3n) is 4.04. The number of nitrogens with one attached hydrogen (secondary N) is 1. The van der Waals surface area contributed by atoms with Crippen LogP contribution < -0.4 is 5.32 Å². The lowest BCUT2D eigenvalue weighted by Gasteiger charge is -2.41. The molecule has 1 saturated carbocycles. The molecule has 0 atom stereocenters. The van der Waals surface area contributed by atoms with E-state index in [2.05, 4.69) is 5.32 Å². The Balaban J connectivity index is 1.90. The Morgan fingerprint density at radius 3 is 2.33 bits per heavy atom. The van der Waals surface area contributed by atoms with Crippen molar-refractivity contribution in [3.05, 3.63) is 35.4 Å². The van der Waals surface area contributed by atoms with Crippen LogP contribution >= 0.6 is 0 Å². The SMILES string of the molecule is CCOCC1(CNC(=O)c2ccc(C(=O)O)cc2)CCC1. The number of aromatic carboxylic acids is 1. The molecule has 0 spiro atoms. The van der Waals surface area contributed by atoms with Crippen molar-refractivity contribution < 1.29 is 19.4 Å². The van der Waals surface area contributed by atoms with Gasteiger partial charge in [0.15, 0.2) is 0 Å². The summed E-state index contributed by atoms with van der Waals surface area (Å²) in [6, 6.07) is 5.96. The van der Waals surface area contributed by atoms with Crippen LogP contribution in [0.3, 0.4) is 0 Å². The molecule has 5 nitrogen and oxygen atoms in total. The third-order valence-corrected chi connectivity index (χ3v) is 4.04. The molecule has 1 aliphatic carbocycles. The van der Waals surface area contributed by atoms with Gasteiger partial charge in [0.1, 0.15) is 0 Å². The van der Waals surface area contributed by atoms with E-state index in [0.29, 0.717) is 25.3 Å². The van der Waals surface area contributed by atoms with Crippen molar-refractivity contribution in [2.24, 2.45) is 5.41 Å². The topological polar surface area (TPSA) is 75.6 Å². The summed E-state index contributed by atoms with van der Waals surface area (Å²) in [5, 5.41) is 11.8. The lowest BCUT2D eigenvalue weighted by Crippen LogP contribution is -2.45. The number of benzene rings is 1. The molecule has 0 heterocycles. The number of carbonyl (C=O) groups excluding carboxylic acids is 1. The number of rotatable bonds is 7. The zero-order chi connectivity index (χ0) is 15.3. The van der Waals surface area contributed by atoms with Gasteiger partial charge in [-0.2, -0.15) is 0 Å². The molecule has 0 saturated heterocycles. The average Bonchev–Trinajstić information content (AvgIpc) is 2.45. The van der Waals surface area contributed by atoms with E-state index in [1.807, 2.05) is 6.92 Å². The van der Waals surface area contributed by atoms with E-state index in [4.69, 9.17) is 9.84 Å². The minimum Gasteiger partial charge on any atom is -0.478 e. The van der Waals surface area contributed by atoms with Gasteiger partial charge >= 0.3 is 5.97 Å². The second-order valence-electron chi connectivity index (χ2n) is 5.56. The number of amides is 1. The number of ether oxygens (including phenoxy) is 1. The van der Waals surface area contributed by atoms with E-state index in [-0.39, 0.29) is 16.9 Å². The van der Waals surface area contributed by atoms with Crippen LogP contribution in [0.25, 0.3) is 0 Å². The predicted octanol–water partition coefficient (Wildman–Crippen LogP) is 2.32. The average molecular weight is 291 g/mol. The Bertz CT molecular complexity index is 506. The number of carbonyl (C=O) groups is 2. The first-order valence-corrected chi connectivity index (χ1v) is 7.26. The lowest BCUT2D eigenvalue weighted by molar-refractivity contribution is -0.000183. The van der Waals surface area contributed by atoms with Gasteiger partial charge in [-0.15, -0.1) is 0 Å². The molecule has 2 N–H and O–H groups in total. The van der Waals surface area contributed by atoms with E-state index >= 15 is 0 Å². The Kier molecular flexibility index (Phi) is 4.96. The summed E-state index contributed by atoms with van der Waals surface area (Å²) in [6.07, 6.45) is 3.33. The van der Waals surface area contributed by atoms with E-state index < -0.39 is 5.97 Å². The minimum absolute atomic E-state index is 0.0761. The zero-order valence-corrected chi connectivity index (χ0v) is 12.2. The first-order valence-electron chi connectivity index (χ1n) is 7.26. The van der Waals surface area contributed by atoms with Gasteiger partial charge in [0, 0.05) is 24.1 Å². The first kappa shape index (κ1) is 15.5. The molecule has 1 aliphatic rings. The second kappa shape index (κ2) is 6.72. The molecule has 1 aromatic rings. The maximum atomic E-state index is 12.1. The van der Waals surface area contributed by atoms with Crippen molar-refractivity contribution in [3.63, 3.8) is 0 Å². The maximum Gasteiger partial charge on any atom is 0.335 e. The third kappa shape index (κ3) is 3.82. The fraction of sp³-hybridized carbons (Fsp3) is 0.500. The van der Waals surface area contributed by atoms with Crippen molar-refractivity contribution in [1.82, 2.24) is 5.32 Å². The molecule has 0 aromatic heterocycles. The second-order valence-corrected chi connectivity index (χ2v) is 5.56. The molecule has 5 heteroatoms. The molecule has 2 rings (SSSR count). The van der Waals surface area contributed by atoms with Gasteiger partial charge in [0.25, 0.3) is 5.91 Å². The summed E-state index contributed by atoms with van der Waals surface area (Å²) in [5.74, 6) is -1.16. The summed E-state index contributed by atoms with van der Waals surface area (Å²) in [5.41, 5.74) is 0.733. The predicted molar refractivity (Wildman–Crippen MR) is 78.5 cm³/mol. The molecular weight excluding hydrogens is 270 g/mol. The van der Waals surface area contributed by atoms with E-state index in [0.717, 1.165) is 12.8 Å². The van der Waals surface area contributed by atoms with Crippen molar-refractivity contribution >= 4 is 11.9 Å². The number of hydrogen-bond acceptors (Lipinski definition) is 3. The van der Waals surface area contributed by atoms with Gasteiger partial charge in [0.2, 0.25) is 0 Å². The van der Waals surface area contributed by atoms with Crippen LogP contribution in [0.4, 0.5) is 0 Å². The highest BCUT2D eigenvalue weighted by Crippen LogP contribution is 2.40. The Morgan fingerprint density at radius 2 is 1.86 bits per heavy atom. The zero-order valence-electron chi connectivity index (χ0n) is 12.2. The standard InChI is InChI=1S/C16H21NO4/c1-2-21-11-16(8-3-9-16)10-17-14(18)12-4-6-13(7-5-12)15(19)20/h4-7H,2-3,8-11H2,1H3,(H,17,18)(H,19,20). The van der Waals surface area contributed by atoms with Crippen LogP contribution in [-0.4, -0.2) is 36.7 Å². The molecule has 0 aliphatic heterocycles. The normalized spacial score (nSPS) is 16.0. The van der Waals surface area contributed by atoms with Crippen LogP contribution in [0.2, 0.25) is 0 Å². The highest BCUT2D eigenvalue weighted by Gasteiger charge is 2.37. The first-order chi connectivity index (χ1) is 10.1. The van der Waals surface area contributed by atoms with E-state index in [9.17, 15) is 9.59 Å². The highest BCUT2D eigenvalue weighted by molar-refractivity contribution is 5.95. The van der Waals surface area contributed by atoms with Gasteiger partial charge in [-0.25, -0.2) is 4.79 Å². The van der Waals surface area contributed by atoms with Crippen molar-refractivity contribution in [1.29, 1.82) is 0 Å². The molecule has 1 aromatic carbocycles. The molecule has 0 radical (unpaired) electrons. The number of carboxylic acid groups (broad SMARTS) is 1. The van der Waals surface area contributed by atoms with Crippen LogP contribution in [0.1, 0.15) is 46.9 Å². The summed E-state index contributed by atoms with van der Waals surface area (Å²) < 4.78 is 5.50. The number of carboxylic acids is 1. The highest BCUT2D eigenvalue weighted by atomic mass is 16.5. The molecular formula is C16H21NO4. The quantitative estimate of drug-likeness (QED) is 0.808. The van der Waals surface area contributed by atoms with Crippen LogP contribution in [0.15, 0.2) is 24.3 Å². The fourth-order valence-corrected chi connectivity index (χ4v) is 2.50. The van der Waals surface area contributed by atoms with E-state index in [1.54, 1.807) is 0 Å². The fourth-order valence-electron chi connectivity index (χ4n) is 2.50. The molecule has 0 unspecified atom stereocenters. The monoisotopic (exact) mass is 291 g/mol. The van der Waals surface area contributed by atoms with Crippen molar-refractivity contribution in [2.75, 3.05) is 19.8 Å². The summed E-state index contributed by atoms with van der Waals surface area (Å²) in [6.45, 7) is 3.94.